The quantitative estimate of drug-likeness (QED) is 0.801. The lowest BCUT2D eigenvalue weighted by molar-refractivity contribution is 0.170. The number of rotatable bonds is 7. The monoisotopic (exact) mass is 273 g/mol. The van der Waals surface area contributed by atoms with Crippen LogP contribution in [0.15, 0.2) is 24.3 Å². The number of nitrogens with one attached hydrogen (secondary N) is 1. The van der Waals surface area contributed by atoms with Crippen LogP contribution >= 0.6 is 23.4 Å². The van der Waals surface area contributed by atoms with Gasteiger partial charge >= 0.3 is 0 Å². The standard InChI is InChI=1S/C13H20ClNOS/c1-3-12(9-17-2)15-8-13(16)10-4-6-11(14)7-5-10/h4-7,12-13,15-16H,3,8-9H2,1-2H3. The largest absolute Gasteiger partial charge is 0.387 e. The Hall–Kier alpha value is -0.220. The number of aliphatic hydroxyl groups excluding tert-OH is 1. The van der Waals surface area contributed by atoms with E-state index < -0.39 is 6.10 Å². The average Bonchev–Trinajstić information content (AvgIpc) is 2.35. The highest BCUT2D eigenvalue weighted by Crippen LogP contribution is 2.16. The minimum Gasteiger partial charge on any atom is -0.387 e. The second-order valence-corrected chi connectivity index (χ2v) is 5.38. The molecule has 0 aliphatic heterocycles. The zero-order valence-electron chi connectivity index (χ0n) is 10.3. The summed E-state index contributed by atoms with van der Waals surface area (Å²) in [4.78, 5) is 0. The van der Waals surface area contributed by atoms with E-state index in [1.807, 2.05) is 23.9 Å². The maximum atomic E-state index is 10.0. The van der Waals surface area contributed by atoms with Gasteiger partial charge in [-0.3, -0.25) is 0 Å². The first-order valence-corrected chi connectivity index (χ1v) is 7.60. The molecule has 17 heavy (non-hydrogen) atoms. The molecule has 96 valence electrons. The Morgan fingerprint density at radius 3 is 2.53 bits per heavy atom. The molecule has 0 saturated carbocycles. The minimum atomic E-state index is -0.469. The van der Waals surface area contributed by atoms with Crippen molar-refractivity contribution in [3.63, 3.8) is 0 Å². The fourth-order valence-corrected chi connectivity index (χ4v) is 2.49. The van der Waals surface area contributed by atoms with Crippen LogP contribution in [0.3, 0.4) is 0 Å². The molecule has 1 rings (SSSR count). The van der Waals surface area contributed by atoms with Crippen LogP contribution in [0.1, 0.15) is 25.0 Å². The van der Waals surface area contributed by atoms with E-state index in [2.05, 4.69) is 18.5 Å². The Balaban J connectivity index is 2.43. The van der Waals surface area contributed by atoms with Crippen LogP contribution in [0.2, 0.25) is 5.02 Å². The summed E-state index contributed by atoms with van der Waals surface area (Å²) in [5.41, 5.74) is 0.904. The van der Waals surface area contributed by atoms with Crippen molar-refractivity contribution in [2.45, 2.75) is 25.5 Å². The van der Waals surface area contributed by atoms with E-state index in [9.17, 15) is 5.11 Å². The number of thioether (sulfide) groups is 1. The molecular weight excluding hydrogens is 254 g/mol. The van der Waals surface area contributed by atoms with Gasteiger partial charge in [0.1, 0.15) is 0 Å². The van der Waals surface area contributed by atoms with Gasteiger partial charge in [0, 0.05) is 23.4 Å². The van der Waals surface area contributed by atoms with Gasteiger partial charge in [-0.1, -0.05) is 30.7 Å². The first kappa shape index (κ1) is 14.8. The van der Waals surface area contributed by atoms with Gasteiger partial charge in [-0.05, 0) is 30.4 Å². The molecule has 0 aromatic heterocycles. The number of halogens is 1. The number of benzene rings is 1. The van der Waals surface area contributed by atoms with Gasteiger partial charge in [0.05, 0.1) is 6.10 Å². The van der Waals surface area contributed by atoms with Gasteiger partial charge in [0.15, 0.2) is 0 Å². The summed E-state index contributed by atoms with van der Waals surface area (Å²) in [6.45, 7) is 2.74. The van der Waals surface area contributed by atoms with Gasteiger partial charge in [-0.25, -0.2) is 0 Å². The zero-order valence-corrected chi connectivity index (χ0v) is 11.9. The molecule has 2 nitrogen and oxygen atoms in total. The van der Waals surface area contributed by atoms with Gasteiger partial charge < -0.3 is 10.4 Å². The van der Waals surface area contributed by atoms with Crippen molar-refractivity contribution in [1.29, 1.82) is 0 Å². The third-order valence-corrected chi connectivity index (χ3v) is 3.70. The first-order valence-electron chi connectivity index (χ1n) is 5.83. The highest BCUT2D eigenvalue weighted by atomic mass is 35.5. The van der Waals surface area contributed by atoms with Crippen molar-refractivity contribution in [3.8, 4) is 0 Å². The Morgan fingerprint density at radius 1 is 1.35 bits per heavy atom. The lowest BCUT2D eigenvalue weighted by Crippen LogP contribution is -2.34. The maximum Gasteiger partial charge on any atom is 0.0914 e. The second kappa shape index (κ2) is 7.98. The molecule has 0 fully saturated rings. The molecule has 0 saturated heterocycles. The van der Waals surface area contributed by atoms with Crippen LogP contribution in [0.4, 0.5) is 0 Å². The molecule has 2 N–H and O–H groups in total. The predicted molar refractivity (Wildman–Crippen MR) is 76.9 cm³/mol. The normalized spacial score (nSPS) is 14.6. The van der Waals surface area contributed by atoms with E-state index in [0.717, 1.165) is 17.7 Å². The summed E-state index contributed by atoms with van der Waals surface area (Å²) < 4.78 is 0. The minimum absolute atomic E-state index is 0.465. The first-order chi connectivity index (χ1) is 8.17. The van der Waals surface area contributed by atoms with Gasteiger partial charge in [-0.15, -0.1) is 0 Å². The smallest absolute Gasteiger partial charge is 0.0914 e. The van der Waals surface area contributed by atoms with Crippen molar-refractivity contribution in [1.82, 2.24) is 5.32 Å². The van der Waals surface area contributed by atoms with Crippen LogP contribution < -0.4 is 5.32 Å². The van der Waals surface area contributed by atoms with Crippen molar-refractivity contribution in [3.05, 3.63) is 34.9 Å². The Kier molecular flexibility index (Phi) is 6.97. The van der Waals surface area contributed by atoms with Gasteiger partial charge in [-0.2, -0.15) is 11.8 Å². The summed E-state index contributed by atoms with van der Waals surface area (Å²) >= 11 is 7.63. The highest BCUT2D eigenvalue weighted by molar-refractivity contribution is 7.98. The van der Waals surface area contributed by atoms with Crippen molar-refractivity contribution in [2.24, 2.45) is 0 Å². The van der Waals surface area contributed by atoms with E-state index >= 15 is 0 Å². The molecular formula is C13H20ClNOS. The van der Waals surface area contributed by atoms with E-state index in [1.165, 1.54) is 0 Å². The molecule has 2 unspecified atom stereocenters. The average molecular weight is 274 g/mol. The summed E-state index contributed by atoms with van der Waals surface area (Å²) in [7, 11) is 0. The molecule has 2 atom stereocenters. The van der Waals surface area contributed by atoms with Crippen LogP contribution in [-0.2, 0) is 0 Å². The lowest BCUT2D eigenvalue weighted by Gasteiger charge is -2.18. The molecule has 0 radical (unpaired) electrons. The summed E-state index contributed by atoms with van der Waals surface area (Å²) in [6.07, 6.45) is 2.71. The van der Waals surface area contributed by atoms with Crippen LogP contribution in [0.25, 0.3) is 0 Å². The highest BCUT2D eigenvalue weighted by Gasteiger charge is 2.10. The molecule has 0 spiro atoms. The van der Waals surface area contributed by atoms with Crippen molar-refractivity contribution >= 4 is 23.4 Å². The zero-order chi connectivity index (χ0) is 12.7. The third-order valence-electron chi connectivity index (χ3n) is 2.72. The molecule has 1 aromatic carbocycles. The van der Waals surface area contributed by atoms with E-state index in [0.29, 0.717) is 17.6 Å². The summed E-state index contributed by atoms with van der Waals surface area (Å²) in [5.74, 6) is 1.07. The van der Waals surface area contributed by atoms with E-state index in [1.54, 1.807) is 12.1 Å². The molecule has 0 heterocycles. The molecule has 0 amide bonds. The Labute approximate surface area is 113 Å². The second-order valence-electron chi connectivity index (χ2n) is 4.04. The fourth-order valence-electron chi connectivity index (χ4n) is 1.60. The summed E-state index contributed by atoms with van der Waals surface area (Å²) in [6, 6.07) is 7.81. The van der Waals surface area contributed by atoms with Gasteiger partial charge in [0.2, 0.25) is 0 Å². The predicted octanol–water partition coefficient (Wildman–Crippen LogP) is 3.10. The van der Waals surface area contributed by atoms with Crippen molar-refractivity contribution in [2.75, 3.05) is 18.6 Å². The lowest BCUT2D eigenvalue weighted by atomic mass is 10.1. The van der Waals surface area contributed by atoms with Crippen molar-refractivity contribution < 1.29 is 5.11 Å². The Morgan fingerprint density at radius 2 is 2.00 bits per heavy atom. The number of hydrogen-bond donors (Lipinski definition) is 2. The fraction of sp³-hybridized carbons (Fsp3) is 0.538. The van der Waals surface area contributed by atoms with E-state index in [4.69, 9.17) is 11.6 Å². The summed E-state index contributed by atoms with van der Waals surface area (Å²) in [5, 5.41) is 14.1. The van der Waals surface area contributed by atoms with Crippen LogP contribution in [0, 0.1) is 0 Å². The molecule has 0 bridgehead atoms. The maximum absolute atomic E-state index is 10.0. The van der Waals surface area contributed by atoms with Crippen LogP contribution in [0.5, 0.6) is 0 Å². The topological polar surface area (TPSA) is 32.3 Å². The van der Waals surface area contributed by atoms with Gasteiger partial charge in [0.25, 0.3) is 0 Å². The number of aliphatic hydroxyl groups is 1. The molecule has 4 heteroatoms. The Bertz CT molecular complexity index is 318. The molecule has 1 aromatic rings. The number of hydrogen-bond acceptors (Lipinski definition) is 3. The SMILES string of the molecule is CCC(CSC)NCC(O)c1ccc(Cl)cc1. The van der Waals surface area contributed by atoms with E-state index in [-0.39, 0.29) is 0 Å². The van der Waals surface area contributed by atoms with Crippen LogP contribution in [-0.4, -0.2) is 29.7 Å². The third kappa shape index (κ3) is 5.30. The molecule has 0 aliphatic rings. The molecule has 0 aliphatic carbocycles.